The van der Waals surface area contributed by atoms with E-state index in [0.29, 0.717) is 37.0 Å². The third-order valence-corrected chi connectivity index (χ3v) is 6.65. The van der Waals surface area contributed by atoms with Crippen LogP contribution in [0.5, 0.6) is 5.75 Å². The third-order valence-electron chi connectivity index (χ3n) is 6.65. The Hall–Kier alpha value is -3.01. The fraction of sp³-hybridized carbons (Fsp3) is 0.615. The van der Waals surface area contributed by atoms with Crippen molar-refractivity contribution in [2.45, 2.75) is 63.9 Å². The van der Waals surface area contributed by atoms with E-state index in [-0.39, 0.29) is 49.5 Å². The third kappa shape index (κ3) is 6.81. The number of aromatic nitrogens is 2. The predicted octanol–water partition coefficient (Wildman–Crippen LogP) is 3.34. The van der Waals surface area contributed by atoms with Crippen molar-refractivity contribution in [2.24, 2.45) is 0 Å². The zero-order valence-corrected chi connectivity index (χ0v) is 21.1. The number of carbonyl (C=O) groups excluding carboxylic acids is 2. The Balaban J connectivity index is 1.43. The highest BCUT2D eigenvalue weighted by Gasteiger charge is 2.42. The van der Waals surface area contributed by atoms with E-state index < -0.39 is 5.60 Å². The molecule has 2 saturated heterocycles. The van der Waals surface area contributed by atoms with Crippen LogP contribution in [-0.4, -0.2) is 76.7 Å². The molecular weight excluding hydrogens is 467 g/mol. The number of hydrogen-bond donors (Lipinski definition) is 0. The number of halogens is 1. The number of morpholine rings is 1. The van der Waals surface area contributed by atoms with Gasteiger partial charge in [-0.2, -0.15) is 4.98 Å². The topological polar surface area (TPSA) is 98.0 Å². The monoisotopic (exact) mass is 502 g/mol. The Labute approximate surface area is 210 Å². The standard InChI is InChI=1S/C26H35FN4O5/c1-19(2)25-28-22(36-29-25)10-11-23(32)31-14-15-35-26(17-31,16-24(33)30-12-4-3-5-13-30)18-34-21-8-6-20(27)7-9-21/h6-9,19H,3-5,10-18H2,1-2H3. The fourth-order valence-corrected chi connectivity index (χ4v) is 4.56. The van der Waals surface area contributed by atoms with Gasteiger partial charge in [0.2, 0.25) is 17.7 Å². The summed E-state index contributed by atoms with van der Waals surface area (Å²) in [5.41, 5.74) is -0.994. The lowest BCUT2D eigenvalue weighted by atomic mass is 9.96. The summed E-state index contributed by atoms with van der Waals surface area (Å²) in [6.45, 7) is 6.45. The maximum Gasteiger partial charge on any atom is 0.227 e. The molecule has 10 heteroatoms. The zero-order chi connectivity index (χ0) is 25.5. The van der Waals surface area contributed by atoms with Gasteiger partial charge in [-0.05, 0) is 43.5 Å². The molecule has 0 N–H and O–H groups in total. The van der Waals surface area contributed by atoms with E-state index >= 15 is 0 Å². The quantitative estimate of drug-likeness (QED) is 0.519. The van der Waals surface area contributed by atoms with Crippen LogP contribution < -0.4 is 4.74 Å². The van der Waals surface area contributed by atoms with Crippen molar-refractivity contribution in [3.63, 3.8) is 0 Å². The lowest BCUT2D eigenvalue weighted by Crippen LogP contribution is -2.58. The Morgan fingerprint density at radius 2 is 1.83 bits per heavy atom. The van der Waals surface area contributed by atoms with E-state index in [2.05, 4.69) is 10.1 Å². The zero-order valence-electron chi connectivity index (χ0n) is 21.1. The first-order valence-electron chi connectivity index (χ1n) is 12.7. The van der Waals surface area contributed by atoms with Crippen molar-refractivity contribution in [2.75, 3.05) is 39.4 Å². The largest absolute Gasteiger partial charge is 0.490 e. The van der Waals surface area contributed by atoms with Crippen LogP contribution in [0.1, 0.15) is 63.6 Å². The number of carbonyl (C=O) groups is 2. The highest BCUT2D eigenvalue weighted by molar-refractivity contribution is 5.79. The van der Waals surface area contributed by atoms with Gasteiger partial charge in [-0.1, -0.05) is 19.0 Å². The van der Waals surface area contributed by atoms with Crippen LogP contribution in [0.4, 0.5) is 4.39 Å². The molecule has 0 radical (unpaired) electrons. The number of benzene rings is 1. The second kappa shape index (κ2) is 11.8. The van der Waals surface area contributed by atoms with Gasteiger partial charge in [0, 0.05) is 38.4 Å². The average Bonchev–Trinajstić information content (AvgIpc) is 3.37. The Morgan fingerprint density at radius 3 is 2.53 bits per heavy atom. The summed E-state index contributed by atoms with van der Waals surface area (Å²) in [5.74, 6) is 1.26. The summed E-state index contributed by atoms with van der Waals surface area (Å²) in [6, 6.07) is 5.72. The van der Waals surface area contributed by atoms with Gasteiger partial charge in [0.15, 0.2) is 5.82 Å². The molecule has 0 bridgehead atoms. The molecule has 1 aromatic carbocycles. The van der Waals surface area contributed by atoms with Gasteiger partial charge in [0.25, 0.3) is 0 Å². The van der Waals surface area contributed by atoms with Crippen molar-refractivity contribution in [1.82, 2.24) is 19.9 Å². The van der Waals surface area contributed by atoms with Crippen molar-refractivity contribution >= 4 is 11.8 Å². The van der Waals surface area contributed by atoms with Crippen molar-refractivity contribution in [3.05, 3.63) is 41.8 Å². The van der Waals surface area contributed by atoms with Crippen molar-refractivity contribution in [3.8, 4) is 5.75 Å². The predicted molar refractivity (Wildman–Crippen MR) is 129 cm³/mol. The number of likely N-dealkylation sites (tertiary alicyclic amines) is 1. The molecule has 2 aromatic rings. The smallest absolute Gasteiger partial charge is 0.227 e. The van der Waals surface area contributed by atoms with Crippen LogP contribution in [0.2, 0.25) is 0 Å². The molecule has 9 nitrogen and oxygen atoms in total. The van der Waals surface area contributed by atoms with Gasteiger partial charge in [0.05, 0.1) is 19.6 Å². The Bertz CT molecular complexity index is 1020. The first-order chi connectivity index (χ1) is 17.3. The van der Waals surface area contributed by atoms with Crippen LogP contribution in [0.3, 0.4) is 0 Å². The highest BCUT2D eigenvalue weighted by atomic mass is 19.1. The van der Waals surface area contributed by atoms with E-state index in [0.717, 1.165) is 32.4 Å². The number of amides is 2. The number of ether oxygens (including phenoxy) is 2. The van der Waals surface area contributed by atoms with Gasteiger partial charge in [-0.15, -0.1) is 0 Å². The second-order valence-corrected chi connectivity index (χ2v) is 9.91. The average molecular weight is 503 g/mol. The molecule has 3 heterocycles. The molecule has 4 rings (SSSR count). The molecule has 0 saturated carbocycles. The molecule has 2 aliphatic rings. The summed E-state index contributed by atoms with van der Waals surface area (Å²) in [7, 11) is 0. The van der Waals surface area contributed by atoms with Crippen LogP contribution in [0.25, 0.3) is 0 Å². The van der Waals surface area contributed by atoms with Gasteiger partial charge < -0.3 is 23.8 Å². The maximum atomic E-state index is 13.3. The van der Waals surface area contributed by atoms with E-state index in [1.807, 2.05) is 18.7 Å². The number of piperidine rings is 1. The summed E-state index contributed by atoms with van der Waals surface area (Å²) in [6.07, 6.45) is 3.78. The summed E-state index contributed by atoms with van der Waals surface area (Å²) >= 11 is 0. The van der Waals surface area contributed by atoms with E-state index in [4.69, 9.17) is 14.0 Å². The highest BCUT2D eigenvalue weighted by Crippen LogP contribution is 2.27. The summed E-state index contributed by atoms with van der Waals surface area (Å²) in [5, 5.41) is 3.95. The Morgan fingerprint density at radius 1 is 1.08 bits per heavy atom. The first kappa shape index (κ1) is 26.1. The molecule has 0 aliphatic carbocycles. The van der Waals surface area contributed by atoms with Gasteiger partial charge in [0.1, 0.15) is 23.8 Å². The fourth-order valence-electron chi connectivity index (χ4n) is 4.56. The molecule has 2 amide bonds. The number of hydrogen-bond acceptors (Lipinski definition) is 7. The minimum absolute atomic E-state index is 0.00113. The molecule has 1 unspecified atom stereocenters. The van der Waals surface area contributed by atoms with E-state index in [1.54, 1.807) is 4.90 Å². The molecular formula is C26H35FN4O5. The molecule has 2 fully saturated rings. The van der Waals surface area contributed by atoms with E-state index in [1.165, 1.54) is 24.3 Å². The number of nitrogens with zero attached hydrogens (tertiary/aromatic N) is 4. The van der Waals surface area contributed by atoms with Crippen LogP contribution in [0.15, 0.2) is 28.8 Å². The first-order valence-corrected chi connectivity index (χ1v) is 12.7. The molecule has 0 spiro atoms. The van der Waals surface area contributed by atoms with Crippen LogP contribution in [0, 0.1) is 5.82 Å². The van der Waals surface area contributed by atoms with Crippen molar-refractivity contribution < 1.29 is 28.0 Å². The van der Waals surface area contributed by atoms with Gasteiger partial charge >= 0.3 is 0 Å². The van der Waals surface area contributed by atoms with E-state index in [9.17, 15) is 14.0 Å². The van der Waals surface area contributed by atoms with Gasteiger partial charge in [-0.3, -0.25) is 9.59 Å². The summed E-state index contributed by atoms with van der Waals surface area (Å²) in [4.78, 5) is 34.2. The van der Waals surface area contributed by atoms with Crippen molar-refractivity contribution in [1.29, 1.82) is 0 Å². The minimum Gasteiger partial charge on any atom is -0.490 e. The summed E-state index contributed by atoms with van der Waals surface area (Å²) < 4.78 is 30.7. The molecule has 2 aliphatic heterocycles. The lowest BCUT2D eigenvalue weighted by molar-refractivity contribution is -0.166. The molecule has 1 aromatic heterocycles. The number of aryl methyl sites for hydroxylation is 1. The van der Waals surface area contributed by atoms with Crippen LogP contribution >= 0.6 is 0 Å². The molecule has 196 valence electrons. The second-order valence-electron chi connectivity index (χ2n) is 9.91. The van der Waals surface area contributed by atoms with Crippen LogP contribution in [-0.2, 0) is 20.7 Å². The molecule has 36 heavy (non-hydrogen) atoms. The minimum atomic E-state index is -0.994. The lowest BCUT2D eigenvalue weighted by Gasteiger charge is -2.43. The van der Waals surface area contributed by atoms with Gasteiger partial charge in [-0.25, -0.2) is 4.39 Å². The number of rotatable bonds is 9. The SMILES string of the molecule is CC(C)c1noc(CCC(=O)N2CCOC(COc3ccc(F)cc3)(CC(=O)N3CCCCC3)C2)n1. The maximum absolute atomic E-state index is 13.3. The Kier molecular flexibility index (Phi) is 8.56. The normalized spacial score (nSPS) is 20.6. The molecule has 1 atom stereocenters.